The van der Waals surface area contributed by atoms with E-state index in [1.165, 1.54) is 23.4 Å². The highest BCUT2D eigenvalue weighted by atomic mass is 32.2. The molecule has 0 saturated heterocycles. The molecular weight excluding hydrogens is 366 g/mol. The minimum absolute atomic E-state index is 0.116. The summed E-state index contributed by atoms with van der Waals surface area (Å²) in [7, 11) is 0. The highest BCUT2D eigenvalue weighted by Crippen LogP contribution is 2.20. The highest BCUT2D eigenvalue weighted by Gasteiger charge is 2.14. The third-order valence-electron chi connectivity index (χ3n) is 3.38. The lowest BCUT2D eigenvalue weighted by molar-refractivity contribution is -0.114. The molecule has 4 N–H and O–H groups in total. The summed E-state index contributed by atoms with van der Waals surface area (Å²) in [5, 5.41) is 13.9. The van der Waals surface area contributed by atoms with E-state index in [0.29, 0.717) is 28.0 Å². The van der Waals surface area contributed by atoms with Crippen molar-refractivity contribution in [3.63, 3.8) is 0 Å². The summed E-state index contributed by atoms with van der Waals surface area (Å²) in [6, 6.07) is 12.2. The van der Waals surface area contributed by atoms with Crippen LogP contribution in [0.15, 0.2) is 53.8 Å². The van der Waals surface area contributed by atoms with E-state index < -0.39 is 0 Å². The minimum atomic E-state index is -0.213. The van der Waals surface area contributed by atoms with E-state index in [0.717, 1.165) is 0 Å². The topological polar surface area (TPSA) is 128 Å². The Morgan fingerprint density at radius 3 is 2.41 bits per heavy atom. The Morgan fingerprint density at radius 2 is 1.78 bits per heavy atom. The summed E-state index contributed by atoms with van der Waals surface area (Å²) >= 11 is 1.17. The van der Waals surface area contributed by atoms with Crippen LogP contribution in [0.5, 0.6) is 0 Å². The molecule has 3 rings (SSSR count). The van der Waals surface area contributed by atoms with Crippen molar-refractivity contribution in [2.45, 2.75) is 12.1 Å². The molecule has 0 unspecified atom stereocenters. The first kappa shape index (κ1) is 18.4. The van der Waals surface area contributed by atoms with Gasteiger partial charge in [-0.15, -0.1) is 10.2 Å². The van der Waals surface area contributed by atoms with Crippen molar-refractivity contribution in [1.82, 2.24) is 19.9 Å². The van der Waals surface area contributed by atoms with Crippen LogP contribution in [0.3, 0.4) is 0 Å². The molecule has 0 spiro atoms. The molecule has 0 fully saturated rings. The number of hydrogen-bond donors (Lipinski definition) is 3. The number of nitrogen functional groups attached to an aromatic ring is 1. The first-order chi connectivity index (χ1) is 13.0. The number of nitrogens with one attached hydrogen (secondary N) is 2. The highest BCUT2D eigenvalue weighted by molar-refractivity contribution is 7.99. The second-order valence-electron chi connectivity index (χ2n) is 5.49. The minimum Gasteiger partial charge on any atom is -0.335 e. The molecule has 0 aliphatic heterocycles. The average molecular weight is 383 g/mol. The van der Waals surface area contributed by atoms with Crippen LogP contribution < -0.4 is 16.5 Å². The van der Waals surface area contributed by atoms with Crippen LogP contribution in [0, 0.1) is 0 Å². The van der Waals surface area contributed by atoms with Crippen LogP contribution in [0.1, 0.15) is 6.92 Å². The Bertz CT molecular complexity index is 942. The van der Waals surface area contributed by atoms with Crippen molar-refractivity contribution < 1.29 is 9.59 Å². The summed E-state index contributed by atoms with van der Waals surface area (Å²) in [6.07, 6.45) is 1.64. The van der Waals surface area contributed by atoms with E-state index in [-0.39, 0.29) is 17.6 Å². The van der Waals surface area contributed by atoms with Gasteiger partial charge in [-0.05, 0) is 36.4 Å². The zero-order valence-electron chi connectivity index (χ0n) is 14.4. The Kier molecular flexibility index (Phi) is 5.67. The van der Waals surface area contributed by atoms with Gasteiger partial charge in [-0.2, -0.15) is 0 Å². The van der Waals surface area contributed by atoms with Crippen molar-refractivity contribution >= 4 is 35.0 Å². The lowest BCUT2D eigenvalue weighted by Gasteiger charge is -2.07. The van der Waals surface area contributed by atoms with Crippen molar-refractivity contribution in [1.29, 1.82) is 0 Å². The molecule has 2 heterocycles. The third-order valence-corrected chi connectivity index (χ3v) is 4.32. The van der Waals surface area contributed by atoms with Crippen LogP contribution in [-0.2, 0) is 9.59 Å². The van der Waals surface area contributed by atoms with Gasteiger partial charge in [0, 0.05) is 24.5 Å². The Hall–Kier alpha value is -3.40. The van der Waals surface area contributed by atoms with Gasteiger partial charge in [0.2, 0.25) is 22.8 Å². The molecule has 0 bridgehead atoms. The standard InChI is InChI=1S/C17H17N7O2S/c1-11(25)20-12-5-7-13(8-6-12)21-15(26)10-27-17-23-22-16(24(17)18)14-4-2-3-9-19-14/h2-9H,10,18H2,1H3,(H,20,25)(H,21,26). The third kappa shape index (κ3) is 4.82. The fraction of sp³-hybridized carbons (Fsp3) is 0.118. The summed E-state index contributed by atoms with van der Waals surface area (Å²) in [5.74, 6) is 6.17. The maximum Gasteiger partial charge on any atom is 0.234 e. The number of nitrogens with zero attached hydrogens (tertiary/aromatic N) is 4. The van der Waals surface area contributed by atoms with Crippen molar-refractivity contribution in [2.75, 3.05) is 22.2 Å². The number of carbonyl (C=O) groups is 2. The zero-order valence-corrected chi connectivity index (χ0v) is 15.2. The molecule has 0 saturated carbocycles. The monoisotopic (exact) mass is 383 g/mol. The van der Waals surface area contributed by atoms with E-state index in [1.807, 2.05) is 6.07 Å². The molecular formula is C17H17N7O2S. The number of thioether (sulfide) groups is 1. The van der Waals surface area contributed by atoms with Gasteiger partial charge < -0.3 is 16.5 Å². The van der Waals surface area contributed by atoms with E-state index in [4.69, 9.17) is 5.84 Å². The van der Waals surface area contributed by atoms with E-state index >= 15 is 0 Å². The van der Waals surface area contributed by atoms with Gasteiger partial charge in [0.15, 0.2) is 0 Å². The SMILES string of the molecule is CC(=O)Nc1ccc(NC(=O)CSc2nnc(-c3ccccn3)n2N)cc1. The summed E-state index contributed by atoms with van der Waals surface area (Å²) in [5.41, 5.74) is 1.88. The van der Waals surface area contributed by atoms with Gasteiger partial charge in [0.1, 0.15) is 5.69 Å². The number of hydrogen-bond acceptors (Lipinski definition) is 7. The summed E-state index contributed by atoms with van der Waals surface area (Å²) in [4.78, 5) is 27.3. The van der Waals surface area contributed by atoms with Gasteiger partial charge in [0.25, 0.3) is 0 Å². The second kappa shape index (κ2) is 8.32. The van der Waals surface area contributed by atoms with Crippen molar-refractivity contribution in [3.8, 4) is 11.5 Å². The van der Waals surface area contributed by atoms with Gasteiger partial charge in [-0.3, -0.25) is 14.6 Å². The normalized spacial score (nSPS) is 10.4. The molecule has 0 radical (unpaired) electrons. The van der Waals surface area contributed by atoms with E-state index in [2.05, 4.69) is 25.8 Å². The quantitative estimate of drug-likeness (QED) is 0.437. The van der Waals surface area contributed by atoms with Gasteiger partial charge in [0.05, 0.1) is 5.75 Å². The molecule has 0 aliphatic rings. The smallest absolute Gasteiger partial charge is 0.234 e. The molecule has 2 aromatic heterocycles. The van der Waals surface area contributed by atoms with Crippen LogP contribution in [0.25, 0.3) is 11.5 Å². The maximum atomic E-state index is 12.1. The predicted molar refractivity (Wildman–Crippen MR) is 104 cm³/mol. The largest absolute Gasteiger partial charge is 0.335 e. The summed E-state index contributed by atoms with van der Waals surface area (Å²) in [6.45, 7) is 1.43. The molecule has 138 valence electrons. The molecule has 1 aromatic carbocycles. The first-order valence-electron chi connectivity index (χ1n) is 7.95. The van der Waals surface area contributed by atoms with E-state index in [1.54, 1.807) is 42.6 Å². The lowest BCUT2D eigenvalue weighted by atomic mass is 10.3. The fourth-order valence-electron chi connectivity index (χ4n) is 2.21. The Labute approximate surface area is 159 Å². The molecule has 27 heavy (non-hydrogen) atoms. The number of rotatable bonds is 6. The molecule has 9 nitrogen and oxygen atoms in total. The number of carbonyl (C=O) groups excluding carboxylic acids is 2. The molecule has 10 heteroatoms. The number of benzene rings is 1. The lowest BCUT2D eigenvalue weighted by Crippen LogP contribution is -2.16. The number of amides is 2. The molecule has 0 atom stereocenters. The Balaban J connectivity index is 1.57. The fourth-order valence-corrected chi connectivity index (χ4v) is 2.87. The van der Waals surface area contributed by atoms with E-state index in [9.17, 15) is 9.59 Å². The molecule has 2 amide bonds. The number of nitrogens with two attached hydrogens (primary N) is 1. The number of pyridine rings is 1. The van der Waals surface area contributed by atoms with Crippen molar-refractivity contribution in [2.24, 2.45) is 0 Å². The van der Waals surface area contributed by atoms with Crippen LogP contribution in [0.4, 0.5) is 11.4 Å². The van der Waals surface area contributed by atoms with Crippen molar-refractivity contribution in [3.05, 3.63) is 48.7 Å². The summed E-state index contributed by atoms with van der Waals surface area (Å²) < 4.78 is 1.31. The Morgan fingerprint density at radius 1 is 1.07 bits per heavy atom. The van der Waals surface area contributed by atoms with Gasteiger partial charge >= 0.3 is 0 Å². The van der Waals surface area contributed by atoms with Crippen LogP contribution in [0.2, 0.25) is 0 Å². The predicted octanol–water partition coefficient (Wildman–Crippen LogP) is 1.74. The average Bonchev–Trinajstić information content (AvgIpc) is 3.02. The molecule has 0 aliphatic carbocycles. The second-order valence-corrected chi connectivity index (χ2v) is 6.43. The molecule has 3 aromatic rings. The van der Waals surface area contributed by atoms with Crippen LogP contribution >= 0.6 is 11.8 Å². The maximum absolute atomic E-state index is 12.1. The van der Waals surface area contributed by atoms with Gasteiger partial charge in [-0.1, -0.05) is 17.8 Å². The van der Waals surface area contributed by atoms with Crippen LogP contribution in [-0.4, -0.2) is 37.4 Å². The van der Waals surface area contributed by atoms with Gasteiger partial charge in [-0.25, -0.2) is 4.68 Å². The number of anilines is 2. The number of aromatic nitrogens is 4. The first-order valence-corrected chi connectivity index (χ1v) is 8.93. The zero-order chi connectivity index (χ0) is 19.2.